The first-order chi connectivity index (χ1) is 13.0. The summed E-state index contributed by atoms with van der Waals surface area (Å²) in [7, 11) is 1.64. The number of amides is 1. The molecule has 0 saturated heterocycles. The molecule has 0 saturated carbocycles. The number of rotatable bonds is 3. The number of amidine groups is 2. The number of hydrazone groups is 1. The third-order valence-corrected chi connectivity index (χ3v) is 5.15. The molecule has 0 unspecified atom stereocenters. The van der Waals surface area contributed by atoms with E-state index in [0.29, 0.717) is 5.17 Å². The van der Waals surface area contributed by atoms with Gasteiger partial charge < -0.3 is 9.30 Å². The highest BCUT2D eigenvalue weighted by atomic mass is 32.2. The average molecular weight is 379 g/mol. The Morgan fingerprint density at radius 3 is 2.85 bits per heavy atom. The molecule has 0 fully saturated rings. The van der Waals surface area contributed by atoms with Gasteiger partial charge in [-0.3, -0.25) is 10.2 Å². The van der Waals surface area contributed by atoms with E-state index < -0.39 is 5.91 Å². The predicted octanol–water partition coefficient (Wildman–Crippen LogP) is 3.35. The Kier molecular flexibility index (Phi) is 4.19. The van der Waals surface area contributed by atoms with Crippen molar-refractivity contribution in [1.29, 1.82) is 5.41 Å². The lowest BCUT2D eigenvalue weighted by Gasteiger charge is -2.20. The summed E-state index contributed by atoms with van der Waals surface area (Å²) in [5.74, 6) is 0.392. The maximum atomic E-state index is 12.4. The van der Waals surface area contributed by atoms with E-state index in [2.05, 4.69) is 14.7 Å². The van der Waals surface area contributed by atoms with Crippen LogP contribution in [0.1, 0.15) is 17.0 Å². The summed E-state index contributed by atoms with van der Waals surface area (Å²) in [5.41, 5.74) is 5.60. The Morgan fingerprint density at radius 1 is 1.26 bits per heavy atom. The van der Waals surface area contributed by atoms with Crippen molar-refractivity contribution in [2.24, 2.45) is 10.1 Å². The Labute approximate surface area is 160 Å². The molecule has 2 aromatic rings. The quantitative estimate of drug-likeness (QED) is 0.829. The Morgan fingerprint density at radius 2 is 2.07 bits per heavy atom. The van der Waals surface area contributed by atoms with Crippen LogP contribution in [-0.4, -0.2) is 39.1 Å². The van der Waals surface area contributed by atoms with E-state index in [4.69, 9.17) is 10.1 Å². The number of carbonyl (C=O) groups excluding carboxylic acids is 1. The molecule has 0 bridgehead atoms. The number of benzene rings is 1. The third kappa shape index (κ3) is 2.87. The smallest absolute Gasteiger partial charge is 0.283 e. The molecule has 136 valence electrons. The minimum Gasteiger partial charge on any atom is -0.497 e. The number of hydrogen-bond acceptors (Lipinski definition) is 5. The van der Waals surface area contributed by atoms with E-state index in [1.807, 2.05) is 44.2 Å². The van der Waals surface area contributed by atoms with Gasteiger partial charge in [-0.1, -0.05) is 6.07 Å². The lowest BCUT2D eigenvalue weighted by molar-refractivity contribution is -0.114. The molecule has 3 heterocycles. The van der Waals surface area contributed by atoms with E-state index in [0.717, 1.165) is 28.4 Å². The number of fused-ring (bicyclic) bond motifs is 1. The maximum absolute atomic E-state index is 12.4. The fraction of sp³-hybridized carbons (Fsp3) is 0.158. The van der Waals surface area contributed by atoms with Gasteiger partial charge in [-0.05, 0) is 55.4 Å². The van der Waals surface area contributed by atoms with E-state index in [1.165, 1.54) is 16.8 Å². The summed E-state index contributed by atoms with van der Waals surface area (Å²) in [5, 5.41) is 14.2. The van der Waals surface area contributed by atoms with Crippen LogP contribution in [0, 0.1) is 19.3 Å². The molecule has 8 heteroatoms. The van der Waals surface area contributed by atoms with Crippen molar-refractivity contribution in [3.8, 4) is 11.4 Å². The molecule has 7 nitrogen and oxygen atoms in total. The summed E-state index contributed by atoms with van der Waals surface area (Å²) in [4.78, 5) is 16.4. The molecule has 0 atom stereocenters. The normalized spacial score (nSPS) is 17.5. The molecule has 2 aliphatic heterocycles. The fourth-order valence-corrected chi connectivity index (χ4v) is 3.78. The van der Waals surface area contributed by atoms with Crippen LogP contribution in [0.25, 0.3) is 11.8 Å². The van der Waals surface area contributed by atoms with E-state index in [9.17, 15) is 4.79 Å². The van der Waals surface area contributed by atoms with Gasteiger partial charge in [-0.2, -0.15) is 15.1 Å². The summed E-state index contributed by atoms with van der Waals surface area (Å²) in [6, 6.07) is 9.78. The van der Waals surface area contributed by atoms with Gasteiger partial charge in [0.05, 0.1) is 18.2 Å². The summed E-state index contributed by atoms with van der Waals surface area (Å²) >= 11 is 1.23. The molecule has 1 aromatic heterocycles. The highest BCUT2D eigenvalue weighted by Gasteiger charge is 2.32. The molecule has 1 amide bonds. The number of thioether (sulfide) groups is 1. The molecular formula is C19H17N5O2S. The van der Waals surface area contributed by atoms with Crippen molar-refractivity contribution >= 4 is 40.3 Å². The van der Waals surface area contributed by atoms with Crippen molar-refractivity contribution in [3.05, 3.63) is 52.9 Å². The Bertz CT molecular complexity index is 1060. The first kappa shape index (κ1) is 17.3. The largest absolute Gasteiger partial charge is 0.497 e. The number of ether oxygens (including phenoxy) is 1. The van der Waals surface area contributed by atoms with Gasteiger partial charge in [0.1, 0.15) is 5.75 Å². The lowest BCUT2D eigenvalue weighted by atomic mass is 10.1. The van der Waals surface area contributed by atoms with E-state index in [1.54, 1.807) is 18.7 Å². The number of aliphatic imine (C=N–C) groups is 1. The Balaban J connectivity index is 1.78. The van der Waals surface area contributed by atoms with Crippen LogP contribution in [0.3, 0.4) is 0 Å². The second-order valence-electron chi connectivity index (χ2n) is 6.12. The van der Waals surface area contributed by atoms with Crippen LogP contribution < -0.4 is 4.74 Å². The number of nitrogens with one attached hydrogen (secondary N) is 1. The molecule has 0 aliphatic carbocycles. The molecular weight excluding hydrogens is 362 g/mol. The molecule has 2 aliphatic rings. The highest BCUT2D eigenvalue weighted by Crippen LogP contribution is 2.28. The second-order valence-corrected chi connectivity index (χ2v) is 6.93. The zero-order chi connectivity index (χ0) is 19.1. The highest BCUT2D eigenvalue weighted by molar-refractivity contribution is 8.25. The fourth-order valence-electron chi connectivity index (χ4n) is 3.17. The van der Waals surface area contributed by atoms with Crippen molar-refractivity contribution < 1.29 is 9.53 Å². The molecule has 0 radical (unpaired) electrons. The lowest BCUT2D eigenvalue weighted by Crippen LogP contribution is -2.35. The van der Waals surface area contributed by atoms with Gasteiger partial charge in [0, 0.05) is 23.1 Å². The minimum absolute atomic E-state index is 0.0393. The second kappa shape index (κ2) is 6.55. The number of aryl methyl sites for hydroxylation is 1. The van der Waals surface area contributed by atoms with Crippen molar-refractivity contribution in [2.45, 2.75) is 13.8 Å². The number of nitrogens with zero attached hydrogens (tertiary/aromatic N) is 4. The molecule has 1 N–H and O–H groups in total. The number of carbonyl (C=O) groups is 1. The molecule has 27 heavy (non-hydrogen) atoms. The number of methoxy groups -OCH3 is 1. The minimum atomic E-state index is -0.421. The van der Waals surface area contributed by atoms with Gasteiger partial charge in [0.25, 0.3) is 5.91 Å². The molecule has 1 aromatic carbocycles. The van der Waals surface area contributed by atoms with Gasteiger partial charge in [-0.15, -0.1) is 0 Å². The summed E-state index contributed by atoms with van der Waals surface area (Å²) in [6.07, 6.45) is 1.71. The van der Waals surface area contributed by atoms with Crippen LogP contribution in [0.5, 0.6) is 5.75 Å². The first-order valence-corrected chi connectivity index (χ1v) is 9.14. The van der Waals surface area contributed by atoms with Crippen LogP contribution in [0.4, 0.5) is 0 Å². The molecule has 4 rings (SSSR count). The maximum Gasteiger partial charge on any atom is 0.283 e. The van der Waals surface area contributed by atoms with Crippen LogP contribution in [-0.2, 0) is 4.79 Å². The summed E-state index contributed by atoms with van der Waals surface area (Å²) < 4.78 is 7.41. The van der Waals surface area contributed by atoms with Gasteiger partial charge in [0.15, 0.2) is 11.0 Å². The van der Waals surface area contributed by atoms with Crippen molar-refractivity contribution in [2.75, 3.05) is 7.11 Å². The standard InChI is InChI=1S/C19H17N5O2S/c1-11-7-13(12(2)23(11)14-5-4-6-15(9-14)26-3)8-16-17(20)24-19(22-18(16)25)27-10-21-24/h4-10,20H,1-3H3. The monoisotopic (exact) mass is 379 g/mol. The topological polar surface area (TPSA) is 83.0 Å². The first-order valence-electron chi connectivity index (χ1n) is 8.26. The van der Waals surface area contributed by atoms with Crippen LogP contribution >= 0.6 is 11.8 Å². The zero-order valence-electron chi connectivity index (χ0n) is 15.1. The van der Waals surface area contributed by atoms with Gasteiger partial charge in [0.2, 0.25) is 0 Å². The van der Waals surface area contributed by atoms with E-state index >= 15 is 0 Å². The average Bonchev–Trinajstić information content (AvgIpc) is 3.23. The SMILES string of the molecule is COc1cccc(-n2c(C)cc(C=C3C(=N)N4N=CSC4=NC3=O)c2C)c1. The van der Waals surface area contributed by atoms with Gasteiger partial charge >= 0.3 is 0 Å². The molecule has 0 spiro atoms. The summed E-state index contributed by atoms with van der Waals surface area (Å²) in [6.45, 7) is 3.98. The number of hydrogen-bond donors (Lipinski definition) is 1. The van der Waals surface area contributed by atoms with Crippen molar-refractivity contribution in [3.63, 3.8) is 0 Å². The number of aromatic nitrogens is 1. The van der Waals surface area contributed by atoms with E-state index in [-0.39, 0.29) is 11.4 Å². The van der Waals surface area contributed by atoms with Crippen LogP contribution in [0.15, 0.2) is 46.0 Å². The predicted molar refractivity (Wildman–Crippen MR) is 108 cm³/mol. The Hall–Kier alpha value is -3.13. The van der Waals surface area contributed by atoms with Crippen molar-refractivity contribution in [1.82, 2.24) is 9.58 Å². The van der Waals surface area contributed by atoms with Gasteiger partial charge in [-0.25, -0.2) is 0 Å². The van der Waals surface area contributed by atoms with Crippen LogP contribution in [0.2, 0.25) is 0 Å². The third-order valence-electron chi connectivity index (χ3n) is 4.48. The zero-order valence-corrected chi connectivity index (χ0v) is 15.9.